The zero-order valence-corrected chi connectivity index (χ0v) is 22.7. The van der Waals surface area contributed by atoms with E-state index in [0.717, 1.165) is 37.7 Å². The summed E-state index contributed by atoms with van der Waals surface area (Å²) in [6.45, 7) is 5.50. The number of nitrogen functional groups attached to an aromatic ring is 1. The number of rotatable bonds is 13. The first-order valence-electron chi connectivity index (χ1n) is 14.1. The van der Waals surface area contributed by atoms with Gasteiger partial charge in [-0.1, -0.05) is 43.5 Å². The maximum Gasteiger partial charge on any atom is 0.312 e. The number of aliphatic carboxylic acids is 1. The molecule has 0 spiro atoms. The molecule has 1 aliphatic heterocycles. The molecule has 1 amide bonds. The second-order valence-electron chi connectivity index (χ2n) is 10.4. The third-order valence-electron chi connectivity index (χ3n) is 7.36. The Balaban J connectivity index is 1.17. The maximum atomic E-state index is 12.0. The largest absolute Gasteiger partial charge is 0.481 e. The van der Waals surface area contributed by atoms with Crippen LogP contribution in [-0.2, 0) is 22.7 Å². The van der Waals surface area contributed by atoms with E-state index in [9.17, 15) is 9.59 Å². The Hall–Kier alpha value is -3.44. The number of carboxylic acid groups (broad SMARTS) is 1. The maximum absolute atomic E-state index is 12.0. The lowest BCUT2D eigenvalue weighted by molar-refractivity contribution is -0.144. The molecule has 2 aliphatic rings. The number of aromatic nitrogens is 2. The first-order valence-corrected chi connectivity index (χ1v) is 14.1. The highest BCUT2D eigenvalue weighted by atomic mass is 16.4. The molecule has 2 fully saturated rings. The fourth-order valence-electron chi connectivity index (χ4n) is 5.13. The monoisotopic (exact) mass is 538 g/mol. The Kier molecular flexibility index (Phi) is 10.7. The lowest BCUT2D eigenvalue weighted by Crippen LogP contribution is -2.49. The van der Waals surface area contributed by atoms with E-state index in [2.05, 4.69) is 50.2 Å². The average Bonchev–Trinajstić information content (AvgIpc) is 2.94. The van der Waals surface area contributed by atoms with Crippen LogP contribution in [0.25, 0.3) is 0 Å². The van der Waals surface area contributed by atoms with Gasteiger partial charge >= 0.3 is 5.97 Å². The van der Waals surface area contributed by atoms with Gasteiger partial charge in [-0.15, -0.1) is 0 Å². The van der Waals surface area contributed by atoms with E-state index in [0.29, 0.717) is 50.3 Å². The van der Waals surface area contributed by atoms with Crippen LogP contribution in [0.15, 0.2) is 30.3 Å². The van der Waals surface area contributed by atoms with Gasteiger partial charge in [0.05, 0.1) is 0 Å². The van der Waals surface area contributed by atoms with Gasteiger partial charge in [0.1, 0.15) is 18.1 Å². The van der Waals surface area contributed by atoms with E-state index >= 15 is 0 Å². The molecule has 0 radical (unpaired) electrons. The van der Waals surface area contributed by atoms with Crippen LogP contribution in [0.3, 0.4) is 0 Å². The molecule has 1 aromatic heterocycles. The van der Waals surface area contributed by atoms with Crippen molar-refractivity contribution < 1.29 is 14.7 Å². The lowest BCUT2D eigenvalue weighted by atomic mass is 9.95. The van der Waals surface area contributed by atoms with Crippen molar-refractivity contribution in [1.29, 1.82) is 0 Å². The Morgan fingerprint density at radius 1 is 0.949 bits per heavy atom. The Morgan fingerprint density at radius 3 is 2.33 bits per heavy atom. The number of hydrogen-bond donors (Lipinski definition) is 5. The number of nitrogens with zero attached hydrogens (tertiary/aromatic N) is 4. The third kappa shape index (κ3) is 9.36. The summed E-state index contributed by atoms with van der Waals surface area (Å²) >= 11 is 0. The molecule has 1 saturated heterocycles. The Bertz CT molecular complexity index is 1070. The van der Waals surface area contributed by atoms with E-state index < -0.39 is 12.4 Å². The summed E-state index contributed by atoms with van der Waals surface area (Å²) in [7, 11) is 0. The molecule has 0 unspecified atom stereocenters. The molecule has 6 N–H and O–H groups in total. The number of hydrogen-bond acceptors (Lipinski definition) is 9. The number of carbonyl (C=O) groups is 2. The van der Waals surface area contributed by atoms with Crippen LogP contribution >= 0.6 is 0 Å². The normalized spacial score (nSPS) is 16.3. The summed E-state index contributed by atoms with van der Waals surface area (Å²) in [5.41, 5.74) is 8.41. The molecule has 2 heterocycles. The van der Waals surface area contributed by atoms with Gasteiger partial charge in [0.15, 0.2) is 0 Å². The van der Waals surface area contributed by atoms with Crippen molar-refractivity contribution in [1.82, 2.24) is 25.5 Å². The third-order valence-corrected chi connectivity index (χ3v) is 7.36. The van der Waals surface area contributed by atoms with Gasteiger partial charge < -0.3 is 36.6 Å². The summed E-state index contributed by atoms with van der Waals surface area (Å²) in [6.07, 6.45) is 7.45. The highest BCUT2D eigenvalue weighted by Crippen LogP contribution is 2.19. The second kappa shape index (κ2) is 14.6. The molecular weight excluding hydrogens is 496 g/mol. The smallest absolute Gasteiger partial charge is 0.312 e. The molecule has 39 heavy (non-hydrogen) atoms. The van der Waals surface area contributed by atoms with Gasteiger partial charge in [-0.2, -0.15) is 9.97 Å². The summed E-state index contributed by atoms with van der Waals surface area (Å²) in [6, 6.07) is 10.9. The fourth-order valence-corrected chi connectivity index (χ4v) is 5.13. The van der Waals surface area contributed by atoms with Crippen molar-refractivity contribution in [3.05, 3.63) is 41.5 Å². The summed E-state index contributed by atoms with van der Waals surface area (Å²) in [5, 5.41) is 19.3. The number of piperazine rings is 1. The van der Waals surface area contributed by atoms with E-state index in [1.165, 1.54) is 37.7 Å². The van der Waals surface area contributed by atoms with Crippen LogP contribution in [0.5, 0.6) is 0 Å². The second-order valence-corrected chi connectivity index (χ2v) is 10.4. The molecule has 4 rings (SSSR count). The quantitative estimate of drug-likeness (QED) is 0.190. The van der Waals surface area contributed by atoms with Gasteiger partial charge in [0.25, 0.3) is 0 Å². The molecule has 2 aromatic rings. The number of carbonyl (C=O) groups excluding carboxylic acids is 1. The minimum atomic E-state index is -1.11. The van der Waals surface area contributed by atoms with Crippen molar-refractivity contribution in [3.63, 3.8) is 0 Å². The van der Waals surface area contributed by atoms with Crippen molar-refractivity contribution in [2.75, 3.05) is 55.2 Å². The lowest BCUT2D eigenvalue weighted by Gasteiger charge is -2.35. The number of amides is 1. The highest BCUT2D eigenvalue weighted by Gasteiger charge is 2.24. The van der Waals surface area contributed by atoms with Crippen molar-refractivity contribution in [3.8, 4) is 0 Å². The van der Waals surface area contributed by atoms with Gasteiger partial charge in [0, 0.05) is 51.4 Å². The van der Waals surface area contributed by atoms with Gasteiger partial charge in [-0.05, 0) is 43.5 Å². The first-order chi connectivity index (χ1) is 19.0. The zero-order valence-electron chi connectivity index (χ0n) is 22.7. The molecule has 212 valence electrons. The van der Waals surface area contributed by atoms with Crippen LogP contribution in [-0.4, -0.2) is 77.2 Å². The van der Waals surface area contributed by atoms with E-state index in [1.807, 2.05) is 4.90 Å². The van der Waals surface area contributed by atoms with E-state index in [1.54, 1.807) is 11.0 Å². The average molecular weight is 539 g/mol. The zero-order chi connectivity index (χ0) is 27.5. The van der Waals surface area contributed by atoms with E-state index in [-0.39, 0.29) is 5.91 Å². The molecule has 0 bridgehead atoms. The highest BCUT2D eigenvalue weighted by molar-refractivity contribution is 5.93. The van der Waals surface area contributed by atoms with Crippen molar-refractivity contribution in [2.45, 2.75) is 64.1 Å². The molecule has 11 nitrogen and oxygen atoms in total. The molecule has 1 aliphatic carbocycles. The predicted octanol–water partition coefficient (Wildman–Crippen LogP) is 2.20. The number of nitrogens with one attached hydrogen (secondary N) is 3. The number of benzene rings is 1. The Labute approximate surface area is 230 Å². The number of nitrogens with two attached hydrogens (primary N) is 1. The van der Waals surface area contributed by atoms with Crippen LogP contribution in [0.4, 0.5) is 17.6 Å². The fraction of sp³-hybridized carbons (Fsp3) is 0.571. The van der Waals surface area contributed by atoms with Crippen molar-refractivity contribution >= 4 is 29.5 Å². The summed E-state index contributed by atoms with van der Waals surface area (Å²) in [5.74, 6) is 0.0200. The summed E-state index contributed by atoms with van der Waals surface area (Å²) in [4.78, 5) is 35.3. The van der Waals surface area contributed by atoms with Crippen molar-refractivity contribution in [2.24, 2.45) is 0 Å². The molecular formula is C28H42N8O3. The minimum Gasteiger partial charge on any atom is -0.481 e. The number of anilines is 3. The van der Waals surface area contributed by atoms with Gasteiger partial charge in [-0.3, -0.25) is 9.59 Å². The molecule has 1 aromatic carbocycles. The van der Waals surface area contributed by atoms with Gasteiger partial charge in [-0.25, -0.2) is 0 Å². The first kappa shape index (κ1) is 28.6. The minimum absolute atomic E-state index is 0.363. The van der Waals surface area contributed by atoms with Crippen LogP contribution in [0, 0.1) is 0 Å². The molecule has 11 heteroatoms. The Morgan fingerprint density at radius 2 is 1.64 bits per heavy atom. The van der Waals surface area contributed by atoms with Gasteiger partial charge in [0.2, 0.25) is 11.9 Å². The predicted molar refractivity (Wildman–Crippen MR) is 152 cm³/mol. The standard InChI is InChI=1S/C28H42N8O3/c29-24-17-25(35-13-15-36(16-14-35)26(37)18-27(38)39)34-28(33-24)32-20-22-9-7-21(8-10-22)19-30-11-4-12-31-23-5-2-1-3-6-23/h7-10,17,23,30-31H,1-6,11-16,18-20H2,(H,38,39)(H3,29,32,33,34). The number of carboxylic acids is 1. The van der Waals surface area contributed by atoms with Crippen LogP contribution in [0.1, 0.15) is 56.1 Å². The summed E-state index contributed by atoms with van der Waals surface area (Å²) < 4.78 is 0. The SMILES string of the molecule is Nc1cc(N2CCN(C(=O)CC(=O)O)CC2)nc(NCc2ccc(CNCCCNC3CCCCC3)cc2)n1. The van der Waals surface area contributed by atoms with Crippen LogP contribution < -0.4 is 26.6 Å². The van der Waals surface area contributed by atoms with E-state index in [4.69, 9.17) is 10.8 Å². The van der Waals surface area contributed by atoms with Crippen LogP contribution in [0.2, 0.25) is 0 Å². The molecule has 1 saturated carbocycles. The molecule has 0 atom stereocenters. The topological polar surface area (TPSA) is 149 Å².